The maximum atomic E-state index is 12.5. The minimum atomic E-state index is -0.825. The predicted octanol–water partition coefficient (Wildman–Crippen LogP) is 2.35. The second-order valence-corrected chi connectivity index (χ2v) is 7.58. The topological polar surface area (TPSA) is 88.3 Å². The van der Waals surface area contributed by atoms with Gasteiger partial charge in [0.1, 0.15) is 19.1 Å². The summed E-state index contributed by atoms with van der Waals surface area (Å²) in [5.74, 6) is -0.261. The molecule has 9 heteroatoms. The van der Waals surface area contributed by atoms with Crippen molar-refractivity contribution >= 4 is 29.3 Å². The summed E-state index contributed by atoms with van der Waals surface area (Å²) in [6.07, 6.45) is 2.47. The number of rotatable bonds is 8. The molecule has 2 unspecified atom stereocenters. The van der Waals surface area contributed by atoms with Crippen molar-refractivity contribution in [3.63, 3.8) is 0 Å². The number of aromatic nitrogens is 3. The summed E-state index contributed by atoms with van der Waals surface area (Å²) in [5, 5.41) is 15.4. The second-order valence-electron chi connectivity index (χ2n) is 6.64. The zero-order chi connectivity index (χ0) is 20.0. The van der Waals surface area contributed by atoms with E-state index in [0.29, 0.717) is 23.7 Å². The van der Waals surface area contributed by atoms with Crippen LogP contribution in [0, 0.1) is 0 Å². The van der Waals surface area contributed by atoms with E-state index in [1.54, 1.807) is 47.9 Å². The third kappa shape index (κ3) is 5.38. The summed E-state index contributed by atoms with van der Waals surface area (Å²) in [6, 6.07) is 8.75. The number of para-hydroxylation sites is 1. The molecule has 146 valence electrons. The van der Waals surface area contributed by atoms with Crippen LogP contribution in [0.2, 0.25) is 0 Å². The Hall–Kier alpha value is -2.23. The highest BCUT2D eigenvalue weighted by Crippen LogP contribution is 2.24. The molecule has 8 nitrogen and oxygen atoms in total. The molecule has 2 rings (SSSR count). The van der Waals surface area contributed by atoms with Crippen molar-refractivity contribution < 1.29 is 14.8 Å². The monoisotopic (exact) mass is 392 g/mol. The van der Waals surface area contributed by atoms with E-state index < -0.39 is 4.65 Å². The molecule has 0 saturated carbocycles. The Balaban J connectivity index is 1.98. The van der Waals surface area contributed by atoms with Crippen molar-refractivity contribution in [3.05, 3.63) is 36.7 Å². The predicted molar refractivity (Wildman–Crippen MR) is 104 cm³/mol. The van der Waals surface area contributed by atoms with Gasteiger partial charge in [-0.15, -0.1) is 0 Å². The van der Waals surface area contributed by atoms with E-state index in [1.807, 2.05) is 13.0 Å². The maximum Gasteiger partial charge on any atom is 0.360 e. The third-order valence-corrected chi connectivity index (χ3v) is 5.24. The number of hydroxylamine groups is 2. The lowest BCUT2D eigenvalue weighted by Gasteiger charge is -2.22. The van der Waals surface area contributed by atoms with Gasteiger partial charge in [0.25, 0.3) is 0 Å². The summed E-state index contributed by atoms with van der Waals surface area (Å²) in [7, 11) is 4.90. The highest BCUT2D eigenvalue weighted by molar-refractivity contribution is 7.99. The number of hydrogen-bond acceptors (Lipinski definition) is 6. The highest BCUT2D eigenvalue weighted by atomic mass is 32.2. The summed E-state index contributed by atoms with van der Waals surface area (Å²) >= 11 is 1.22. The largest absolute Gasteiger partial charge is 0.360 e. The summed E-state index contributed by atoms with van der Waals surface area (Å²) in [5.41, 5.74) is 0.500. The van der Waals surface area contributed by atoms with Crippen LogP contribution in [0.4, 0.5) is 5.69 Å². The molecule has 1 N–H and O–H groups in total. The average Bonchev–Trinajstić information content (AvgIpc) is 3.13. The van der Waals surface area contributed by atoms with Crippen LogP contribution in [-0.2, 0) is 9.59 Å². The van der Waals surface area contributed by atoms with Crippen LogP contribution in [0.25, 0.3) is 0 Å². The van der Waals surface area contributed by atoms with E-state index in [2.05, 4.69) is 10.1 Å². The van der Waals surface area contributed by atoms with Gasteiger partial charge in [-0.2, -0.15) is 5.10 Å². The van der Waals surface area contributed by atoms with Crippen LogP contribution >= 0.6 is 11.8 Å². The van der Waals surface area contributed by atoms with Crippen molar-refractivity contribution in [3.8, 4) is 0 Å². The van der Waals surface area contributed by atoms with Gasteiger partial charge in [0, 0.05) is 32.6 Å². The van der Waals surface area contributed by atoms with Crippen LogP contribution < -0.4 is 4.65 Å². The van der Waals surface area contributed by atoms with Crippen LogP contribution in [0.5, 0.6) is 0 Å². The third-order valence-electron chi connectivity index (χ3n) is 4.30. The van der Waals surface area contributed by atoms with E-state index in [0.717, 1.165) is 0 Å². The Morgan fingerprint density at radius 2 is 1.96 bits per heavy atom. The molecule has 0 aliphatic carbocycles. The first-order valence-electron chi connectivity index (χ1n) is 8.64. The van der Waals surface area contributed by atoms with Crippen molar-refractivity contribution in [1.82, 2.24) is 24.3 Å². The molecular weight excluding hydrogens is 366 g/mol. The molecule has 1 aromatic carbocycles. The van der Waals surface area contributed by atoms with E-state index in [4.69, 9.17) is 0 Å². The lowest BCUT2D eigenvalue weighted by atomic mass is 10.2. The Kier molecular flexibility index (Phi) is 7.11. The molecule has 2 atom stereocenters. The quantitative estimate of drug-likeness (QED) is 0.321. The molecule has 1 heterocycles. The lowest BCUT2D eigenvalue weighted by Crippen LogP contribution is -2.48. The van der Waals surface area contributed by atoms with Crippen LogP contribution in [0.3, 0.4) is 0 Å². The highest BCUT2D eigenvalue weighted by Gasteiger charge is 2.33. The number of quaternary nitrogens is 1. The van der Waals surface area contributed by atoms with Crippen LogP contribution in [0.1, 0.15) is 25.8 Å². The minimum Gasteiger partial charge on any atom is -0.349 e. The molecule has 0 aliphatic rings. The fourth-order valence-electron chi connectivity index (χ4n) is 2.44. The van der Waals surface area contributed by atoms with Gasteiger partial charge in [0.15, 0.2) is 10.8 Å². The number of carbonyl (C=O) groups excluding carboxylic acids is 2. The molecule has 27 heavy (non-hydrogen) atoms. The van der Waals surface area contributed by atoms with Crippen molar-refractivity contribution in [2.75, 3.05) is 26.9 Å². The van der Waals surface area contributed by atoms with E-state index in [1.165, 1.54) is 25.1 Å². The van der Waals surface area contributed by atoms with E-state index >= 15 is 0 Å². The number of hydrogen-bond donors (Lipinski definition) is 1. The zero-order valence-electron chi connectivity index (χ0n) is 16.1. The fraction of sp³-hybridized carbons (Fsp3) is 0.444. The molecule has 0 aliphatic heterocycles. The van der Waals surface area contributed by atoms with Gasteiger partial charge in [0.2, 0.25) is 5.91 Å². The Morgan fingerprint density at radius 3 is 2.59 bits per heavy atom. The van der Waals surface area contributed by atoms with Gasteiger partial charge in [-0.25, -0.2) is 19.7 Å². The summed E-state index contributed by atoms with van der Waals surface area (Å²) in [6.45, 7) is 1.96. The Morgan fingerprint density at radius 1 is 1.30 bits per heavy atom. The molecular formula is C18H26N5O3S+. The van der Waals surface area contributed by atoms with Gasteiger partial charge >= 0.3 is 5.91 Å². The fourth-order valence-corrected chi connectivity index (χ4v) is 3.42. The lowest BCUT2D eigenvalue weighted by molar-refractivity contribution is -0.153. The summed E-state index contributed by atoms with van der Waals surface area (Å²) in [4.78, 5) is 30.1. The smallest absolute Gasteiger partial charge is 0.349 e. The number of nitrogens with zero attached hydrogens (tertiary/aromatic N) is 5. The Bertz CT molecular complexity index is 776. The van der Waals surface area contributed by atoms with Gasteiger partial charge in [0.05, 0.1) is 6.04 Å². The number of benzene rings is 1. The number of thioether (sulfide) groups is 1. The molecule has 1 aromatic heterocycles. The normalized spacial score (nSPS) is 14.4. The molecule has 2 aromatic rings. The first-order valence-corrected chi connectivity index (χ1v) is 9.62. The molecule has 2 amide bonds. The molecule has 0 radical (unpaired) electrons. The van der Waals surface area contributed by atoms with Crippen LogP contribution in [-0.4, -0.2) is 63.6 Å². The first kappa shape index (κ1) is 21.1. The first-order chi connectivity index (χ1) is 12.7. The van der Waals surface area contributed by atoms with E-state index in [9.17, 15) is 14.8 Å². The standard InChI is InChI=1S/C18H26N5O3S/c1-14(10-11-16(24)21(2)3)22-18(19-13-20-22)27-12-17(25)23(4,26)15-8-6-5-7-9-15/h5-9,13-14,26H,10-12H2,1-4H3/q+1. The van der Waals surface area contributed by atoms with Gasteiger partial charge in [-0.05, 0) is 13.3 Å². The molecule has 0 bridgehead atoms. The van der Waals surface area contributed by atoms with E-state index in [-0.39, 0.29) is 23.6 Å². The molecule has 0 spiro atoms. The van der Waals surface area contributed by atoms with Crippen molar-refractivity contribution in [2.45, 2.75) is 31.0 Å². The minimum absolute atomic E-state index is 0.0295. The number of carbonyl (C=O) groups is 2. The molecule has 0 saturated heterocycles. The summed E-state index contributed by atoms with van der Waals surface area (Å²) < 4.78 is 0.889. The van der Waals surface area contributed by atoms with Gasteiger partial charge in [-0.1, -0.05) is 34.6 Å². The second kappa shape index (κ2) is 9.12. The number of amides is 2. The van der Waals surface area contributed by atoms with Gasteiger partial charge < -0.3 is 4.90 Å². The molecule has 0 fully saturated rings. The zero-order valence-corrected chi connectivity index (χ0v) is 16.9. The van der Waals surface area contributed by atoms with Crippen molar-refractivity contribution in [2.24, 2.45) is 0 Å². The SMILES string of the molecule is CC(CCC(=O)N(C)C)n1ncnc1SCC(=O)[N+](C)(O)c1ccccc1. The van der Waals surface area contributed by atoms with Crippen molar-refractivity contribution in [1.29, 1.82) is 0 Å². The van der Waals surface area contributed by atoms with Crippen LogP contribution in [0.15, 0.2) is 41.8 Å². The Labute approximate surface area is 163 Å². The average molecular weight is 393 g/mol. The van der Waals surface area contributed by atoms with Gasteiger partial charge in [-0.3, -0.25) is 4.79 Å². The maximum absolute atomic E-state index is 12.5.